The Hall–Kier alpha value is -1.06. The molecular formula is C17H28N2O. The van der Waals surface area contributed by atoms with E-state index >= 15 is 0 Å². The highest BCUT2D eigenvalue weighted by molar-refractivity contribution is 5.38. The van der Waals surface area contributed by atoms with E-state index in [0.717, 1.165) is 26.1 Å². The largest absolute Gasteiger partial charge is 0.508 e. The average molecular weight is 276 g/mol. The van der Waals surface area contributed by atoms with Crippen LogP contribution in [0.1, 0.15) is 50.3 Å². The molecule has 2 rings (SSSR count). The molecule has 0 amide bonds. The highest BCUT2D eigenvalue weighted by Crippen LogP contribution is 2.31. The zero-order valence-electron chi connectivity index (χ0n) is 12.9. The summed E-state index contributed by atoms with van der Waals surface area (Å²) in [5.41, 5.74) is 2.70. The number of hydrogen-bond donors (Lipinski definition) is 2. The van der Waals surface area contributed by atoms with Gasteiger partial charge in [0.2, 0.25) is 0 Å². The van der Waals surface area contributed by atoms with E-state index in [1.165, 1.54) is 36.9 Å². The van der Waals surface area contributed by atoms with Gasteiger partial charge in [-0.15, -0.1) is 0 Å². The fourth-order valence-corrected chi connectivity index (χ4v) is 3.13. The number of aryl methyl sites for hydroxylation is 1. The lowest BCUT2D eigenvalue weighted by Gasteiger charge is -2.27. The third kappa shape index (κ3) is 3.97. The fraction of sp³-hybridized carbons (Fsp3) is 0.647. The minimum atomic E-state index is 0.394. The first-order valence-corrected chi connectivity index (χ1v) is 8.02. The number of benzene rings is 1. The molecule has 0 radical (unpaired) electrons. The number of nitrogens with one attached hydrogen (secondary N) is 1. The van der Waals surface area contributed by atoms with E-state index < -0.39 is 0 Å². The van der Waals surface area contributed by atoms with E-state index in [0.29, 0.717) is 11.8 Å². The predicted octanol–water partition coefficient (Wildman–Crippen LogP) is 3.09. The lowest BCUT2D eigenvalue weighted by molar-refractivity contribution is 0.294. The maximum Gasteiger partial charge on any atom is 0.115 e. The van der Waals surface area contributed by atoms with E-state index in [9.17, 15) is 5.11 Å². The smallest absolute Gasteiger partial charge is 0.115 e. The second kappa shape index (κ2) is 7.65. The monoisotopic (exact) mass is 276 g/mol. The van der Waals surface area contributed by atoms with Crippen molar-refractivity contribution in [3.05, 3.63) is 29.3 Å². The van der Waals surface area contributed by atoms with Gasteiger partial charge >= 0.3 is 0 Å². The summed E-state index contributed by atoms with van der Waals surface area (Å²) in [6.45, 7) is 8.97. The van der Waals surface area contributed by atoms with Gasteiger partial charge in [0.15, 0.2) is 0 Å². The highest BCUT2D eigenvalue weighted by Gasteiger charge is 2.19. The number of rotatable bonds is 7. The van der Waals surface area contributed by atoms with Gasteiger partial charge in [-0.1, -0.05) is 19.9 Å². The van der Waals surface area contributed by atoms with Gasteiger partial charge in [0.1, 0.15) is 5.75 Å². The molecule has 1 aliphatic carbocycles. The number of fused-ring (bicyclic) bond motifs is 1. The van der Waals surface area contributed by atoms with E-state index in [2.05, 4.69) is 30.1 Å². The minimum Gasteiger partial charge on any atom is -0.508 e. The van der Waals surface area contributed by atoms with E-state index in [-0.39, 0.29) is 0 Å². The van der Waals surface area contributed by atoms with Crippen molar-refractivity contribution in [1.82, 2.24) is 10.2 Å². The Labute approximate surface area is 123 Å². The molecule has 0 bridgehead atoms. The molecule has 2 N–H and O–H groups in total. The van der Waals surface area contributed by atoms with Crippen LogP contribution in [0.4, 0.5) is 0 Å². The molecule has 1 unspecified atom stereocenters. The molecule has 1 aromatic rings. The second-order valence-corrected chi connectivity index (χ2v) is 5.66. The van der Waals surface area contributed by atoms with Gasteiger partial charge in [-0.2, -0.15) is 0 Å². The van der Waals surface area contributed by atoms with Crippen molar-refractivity contribution in [3.63, 3.8) is 0 Å². The van der Waals surface area contributed by atoms with Crippen LogP contribution in [0.2, 0.25) is 0 Å². The molecule has 0 aromatic heterocycles. The normalized spacial score (nSPS) is 18.2. The lowest BCUT2D eigenvalue weighted by atomic mass is 9.87. The van der Waals surface area contributed by atoms with E-state index in [1.54, 1.807) is 0 Å². The number of phenolic OH excluding ortho intramolecular Hbond substituents is 1. The predicted molar refractivity (Wildman–Crippen MR) is 84.2 cm³/mol. The van der Waals surface area contributed by atoms with Crippen molar-refractivity contribution in [2.75, 3.05) is 26.2 Å². The summed E-state index contributed by atoms with van der Waals surface area (Å²) in [5.74, 6) is 0.394. The molecule has 0 saturated carbocycles. The van der Waals surface area contributed by atoms with Crippen LogP contribution in [-0.4, -0.2) is 36.2 Å². The topological polar surface area (TPSA) is 35.5 Å². The van der Waals surface area contributed by atoms with Gasteiger partial charge in [0.25, 0.3) is 0 Å². The Bertz CT molecular complexity index is 415. The molecule has 0 fully saturated rings. The van der Waals surface area contributed by atoms with Crippen LogP contribution in [0.15, 0.2) is 18.2 Å². The minimum absolute atomic E-state index is 0.394. The molecule has 3 nitrogen and oxygen atoms in total. The van der Waals surface area contributed by atoms with Crippen molar-refractivity contribution in [3.8, 4) is 5.75 Å². The molecule has 1 atom stereocenters. The molecule has 20 heavy (non-hydrogen) atoms. The SMILES string of the molecule is CCN(CC)CCCNC1CCCc2cc(O)ccc21. The first-order chi connectivity index (χ1) is 9.74. The Morgan fingerprint density at radius 3 is 2.85 bits per heavy atom. The van der Waals surface area contributed by atoms with Crippen LogP contribution in [0.3, 0.4) is 0 Å². The molecule has 1 aliphatic rings. The number of phenols is 1. The Morgan fingerprint density at radius 2 is 2.10 bits per heavy atom. The number of nitrogens with zero attached hydrogens (tertiary/aromatic N) is 1. The maximum absolute atomic E-state index is 9.58. The average Bonchev–Trinajstić information content (AvgIpc) is 2.47. The molecule has 0 spiro atoms. The third-order valence-electron chi connectivity index (χ3n) is 4.38. The van der Waals surface area contributed by atoms with Crippen molar-refractivity contribution < 1.29 is 5.11 Å². The summed E-state index contributed by atoms with van der Waals surface area (Å²) in [4.78, 5) is 2.47. The van der Waals surface area contributed by atoms with Gasteiger partial charge in [-0.25, -0.2) is 0 Å². The van der Waals surface area contributed by atoms with Gasteiger partial charge in [0, 0.05) is 6.04 Å². The quantitative estimate of drug-likeness (QED) is 0.751. The summed E-state index contributed by atoms with van der Waals surface area (Å²) in [7, 11) is 0. The van der Waals surface area contributed by atoms with Crippen molar-refractivity contribution >= 4 is 0 Å². The standard InChI is InChI=1S/C17H28N2O/c1-3-19(4-2)12-6-11-18-17-8-5-7-14-13-15(20)9-10-16(14)17/h9-10,13,17-18,20H,3-8,11-12H2,1-2H3. The van der Waals surface area contributed by atoms with Gasteiger partial charge in [0.05, 0.1) is 0 Å². The molecule has 0 saturated heterocycles. The van der Waals surface area contributed by atoms with Gasteiger partial charge in [-0.3, -0.25) is 0 Å². The number of aromatic hydroxyl groups is 1. The van der Waals surface area contributed by atoms with Crippen LogP contribution >= 0.6 is 0 Å². The van der Waals surface area contributed by atoms with Crippen LogP contribution in [0.25, 0.3) is 0 Å². The summed E-state index contributed by atoms with van der Waals surface area (Å²) < 4.78 is 0. The molecule has 3 heteroatoms. The second-order valence-electron chi connectivity index (χ2n) is 5.66. The first-order valence-electron chi connectivity index (χ1n) is 8.02. The van der Waals surface area contributed by atoms with Crippen LogP contribution in [-0.2, 0) is 6.42 Å². The Balaban J connectivity index is 1.83. The zero-order chi connectivity index (χ0) is 14.4. The van der Waals surface area contributed by atoms with Gasteiger partial charge in [-0.05, 0) is 75.1 Å². The van der Waals surface area contributed by atoms with Crippen molar-refractivity contribution in [2.45, 2.75) is 45.6 Å². The molecular weight excluding hydrogens is 248 g/mol. The maximum atomic E-state index is 9.58. The fourth-order valence-electron chi connectivity index (χ4n) is 3.13. The summed E-state index contributed by atoms with van der Waals surface area (Å²) in [6, 6.07) is 6.30. The number of hydrogen-bond acceptors (Lipinski definition) is 3. The molecule has 0 aliphatic heterocycles. The summed E-state index contributed by atoms with van der Waals surface area (Å²) in [5, 5.41) is 13.3. The lowest BCUT2D eigenvalue weighted by Crippen LogP contribution is -2.30. The first kappa shape index (κ1) is 15.3. The zero-order valence-corrected chi connectivity index (χ0v) is 12.9. The van der Waals surface area contributed by atoms with Crippen LogP contribution in [0.5, 0.6) is 5.75 Å². The van der Waals surface area contributed by atoms with E-state index in [1.807, 2.05) is 12.1 Å². The van der Waals surface area contributed by atoms with Crippen molar-refractivity contribution in [2.24, 2.45) is 0 Å². The highest BCUT2D eigenvalue weighted by atomic mass is 16.3. The van der Waals surface area contributed by atoms with Gasteiger partial charge < -0.3 is 15.3 Å². The Morgan fingerprint density at radius 1 is 1.30 bits per heavy atom. The van der Waals surface area contributed by atoms with Crippen LogP contribution < -0.4 is 5.32 Å². The van der Waals surface area contributed by atoms with Crippen LogP contribution in [0, 0.1) is 0 Å². The third-order valence-corrected chi connectivity index (χ3v) is 4.38. The molecule has 112 valence electrons. The molecule has 0 heterocycles. The van der Waals surface area contributed by atoms with Crippen molar-refractivity contribution in [1.29, 1.82) is 0 Å². The summed E-state index contributed by atoms with van der Waals surface area (Å²) >= 11 is 0. The summed E-state index contributed by atoms with van der Waals surface area (Å²) in [6.07, 6.45) is 4.72. The Kier molecular flexibility index (Phi) is 5.86. The van der Waals surface area contributed by atoms with E-state index in [4.69, 9.17) is 0 Å². The molecule has 1 aromatic carbocycles.